The van der Waals surface area contributed by atoms with Gasteiger partial charge in [-0.1, -0.05) is 102 Å². The van der Waals surface area contributed by atoms with E-state index in [-0.39, 0.29) is 5.82 Å². The van der Waals surface area contributed by atoms with Gasteiger partial charge in [-0.15, -0.1) is 0 Å². The van der Waals surface area contributed by atoms with Gasteiger partial charge in [0.05, 0.1) is 0 Å². The Bertz CT molecular complexity index is 918. The van der Waals surface area contributed by atoms with Gasteiger partial charge >= 0.3 is 0 Å². The van der Waals surface area contributed by atoms with Gasteiger partial charge in [0.1, 0.15) is 9.23 Å². The fourth-order valence-corrected chi connectivity index (χ4v) is 7.63. The summed E-state index contributed by atoms with van der Waals surface area (Å²) in [6, 6.07) is 38.0. The van der Waals surface area contributed by atoms with E-state index in [0.717, 1.165) is 5.56 Å². The highest BCUT2D eigenvalue weighted by Crippen LogP contribution is 2.61. The Morgan fingerprint density at radius 3 is 1.14 bits per heavy atom. The number of hydrogen-bond donors (Lipinski definition) is 0. The van der Waals surface area contributed by atoms with Gasteiger partial charge in [0.2, 0.25) is 0 Å². The van der Waals surface area contributed by atoms with Crippen LogP contribution < -0.4 is 0 Å². The second-order valence-electron chi connectivity index (χ2n) is 6.31. The normalized spacial score (nSPS) is 11.3. The molecule has 4 aromatic carbocycles. The van der Waals surface area contributed by atoms with Crippen molar-refractivity contribution in [2.75, 3.05) is 0 Å². The first-order chi connectivity index (χ1) is 14.2. The van der Waals surface area contributed by atoms with Crippen LogP contribution in [0.4, 0.5) is 4.39 Å². The van der Waals surface area contributed by atoms with E-state index in [1.807, 2.05) is 30.3 Å². The van der Waals surface area contributed by atoms with Crippen LogP contribution in [0.15, 0.2) is 130 Å². The molecule has 0 amide bonds. The first kappa shape index (κ1) is 20.1. The minimum Gasteiger partial charge on any atom is -0.207 e. The van der Waals surface area contributed by atoms with Crippen molar-refractivity contribution >= 4 is 35.3 Å². The Balaban J connectivity index is 1.83. The van der Waals surface area contributed by atoms with Gasteiger partial charge in [0.15, 0.2) is 0 Å². The summed E-state index contributed by atoms with van der Waals surface area (Å²) in [5, 5.41) is 0. The number of halogens is 1. The molecular weight excluding hydrogens is 415 g/mol. The van der Waals surface area contributed by atoms with E-state index in [4.69, 9.17) is 0 Å². The minimum absolute atomic E-state index is 0.221. The molecule has 0 bridgehead atoms. The largest absolute Gasteiger partial charge is 0.207 e. The average molecular weight is 435 g/mol. The first-order valence-electron chi connectivity index (χ1n) is 9.22. The third-order valence-corrected chi connectivity index (χ3v) is 8.72. The Hall–Kier alpha value is -2.14. The zero-order valence-corrected chi connectivity index (χ0v) is 18.0. The molecule has 29 heavy (non-hydrogen) atoms. The summed E-state index contributed by atoms with van der Waals surface area (Å²) in [5.74, 6) is -0.221. The summed E-state index contributed by atoms with van der Waals surface area (Å²) in [7, 11) is 0. The van der Waals surface area contributed by atoms with Crippen LogP contribution in [0.25, 0.3) is 0 Å². The number of benzene rings is 4. The highest BCUT2D eigenvalue weighted by Gasteiger charge is 2.36. The van der Waals surface area contributed by atoms with Crippen LogP contribution in [0.3, 0.4) is 0 Å². The zero-order valence-electron chi connectivity index (χ0n) is 15.6. The van der Waals surface area contributed by atoms with Crippen molar-refractivity contribution in [2.45, 2.75) is 18.1 Å². The van der Waals surface area contributed by atoms with E-state index in [9.17, 15) is 4.39 Å². The SMILES string of the molecule is Fc1ccc(C(Sc2ccccc2)(Sc2ccccc2)Sc2ccccc2)cc1. The van der Waals surface area contributed by atoms with Crippen LogP contribution in [0.5, 0.6) is 0 Å². The molecule has 4 rings (SSSR count). The fourth-order valence-electron chi connectivity index (χ4n) is 2.82. The summed E-state index contributed by atoms with van der Waals surface area (Å²) < 4.78 is 13.3. The third-order valence-electron chi connectivity index (χ3n) is 4.18. The summed E-state index contributed by atoms with van der Waals surface area (Å²) in [6.07, 6.45) is 0. The standard InChI is InChI=1S/C25H19FS3/c26-21-18-16-20(17-19-21)25(27-22-10-4-1-5-11-22,28-23-12-6-2-7-13-23)29-24-14-8-3-9-15-24/h1-19H. The van der Waals surface area contributed by atoms with Gasteiger partial charge < -0.3 is 0 Å². The molecule has 0 aliphatic carbocycles. The molecule has 0 fully saturated rings. The molecule has 0 saturated heterocycles. The van der Waals surface area contributed by atoms with E-state index >= 15 is 0 Å². The number of thioether (sulfide) groups is 3. The van der Waals surface area contributed by atoms with Crippen LogP contribution in [0, 0.1) is 5.82 Å². The van der Waals surface area contributed by atoms with E-state index < -0.39 is 3.41 Å². The molecule has 0 aromatic heterocycles. The van der Waals surface area contributed by atoms with Gasteiger partial charge in [0.25, 0.3) is 0 Å². The molecule has 0 heterocycles. The van der Waals surface area contributed by atoms with Crippen molar-refractivity contribution < 1.29 is 4.39 Å². The average Bonchev–Trinajstić information content (AvgIpc) is 2.76. The highest BCUT2D eigenvalue weighted by molar-refractivity contribution is 8.32. The molecule has 0 nitrogen and oxygen atoms in total. The molecule has 0 atom stereocenters. The lowest BCUT2D eigenvalue weighted by atomic mass is 10.2. The first-order valence-corrected chi connectivity index (χ1v) is 11.7. The van der Waals surface area contributed by atoms with Crippen molar-refractivity contribution in [1.29, 1.82) is 0 Å². The van der Waals surface area contributed by atoms with Crippen molar-refractivity contribution in [1.82, 2.24) is 0 Å². The van der Waals surface area contributed by atoms with Crippen LogP contribution in [-0.4, -0.2) is 0 Å². The Kier molecular flexibility index (Phi) is 6.65. The molecule has 0 radical (unpaired) electrons. The predicted molar refractivity (Wildman–Crippen MR) is 125 cm³/mol. The maximum atomic E-state index is 13.7. The number of rotatable bonds is 7. The molecule has 4 aromatic rings. The second kappa shape index (κ2) is 9.57. The molecule has 0 N–H and O–H groups in total. The predicted octanol–water partition coefficient (Wildman–Crippen LogP) is 8.31. The van der Waals surface area contributed by atoms with E-state index in [0.29, 0.717) is 0 Å². The Morgan fingerprint density at radius 2 is 0.793 bits per heavy atom. The summed E-state index contributed by atoms with van der Waals surface area (Å²) in [4.78, 5) is 3.51. The lowest BCUT2D eigenvalue weighted by Crippen LogP contribution is -2.13. The zero-order chi connectivity index (χ0) is 19.9. The molecule has 144 valence electrons. The van der Waals surface area contributed by atoms with Crippen LogP contribution in [-0.2, 0) is 3.41 Å². The van der Waals surface area contributed by atoms with Crippen molar-refractivity contribution in [3.8, 4) is 0 Å². The summed E-state index contributed by atoms with van der Waals surface area (Å²) >= 11 is 5.36. The maximum absolute atomic E-state index is 13.7. The number of hydrogen-bond acceptors (Lipinski definition) is 3. The smallest absolute Gasteiger partial charge is 0.145 e. The Labute approximate surface area is 184 Å². The second-order valence-corrected chi connectivity index (χ2v) is 10.9. The fraction of sp³-hybridized carbons (Fsp3) is 0.0400. The molecule has 0 aliphatic heterocycles. The van der Waals surface area contributed by atoms with Crippen LogP contribution >= 0.6 is 35.3 Å². The minimum atomic E-state index is -0.419. The Morgan fingerprint density at radius 1 is 0.448 bits per heavy atom. The molecule has 0 saturated carbocycles. The van der Waals surface area contributed by atoms with Crippen molar-refractivity contribution in [3.05, 3.63) is 127 Å². The van der Waals surface area contributed by atoms with Gasteiger partial charge in [-0.05, 0) is 54.1 Å². The molecule has 0 aliphatic rings. The van der Waals surface area contributed by atoms with Crippen molar-refractivity contribution in [3.63, 3.8) is 0 Å². The lowest BCUT2D eigenvalue weighted by molar-refractivity contribution is 0.627. The van der Waals surface area contributed by atoms with Crippen molar-refractivity contribution in [2.24, 2.45) is 0 Å². The molecular formula is C25H19FS3. The molecule has 0 spiro atoms. The van der Waals surface area contributed by atoms with Crippen LogP contribution in [0.1, 0.15) is 5.56 Å². The highest BCUT2D eigenvalue weighted by atomic mass is 32.3. The van der Waals surface area contributed by atoms with E-state index in [2.05, 4.69) is 72.8 Å². The van der Waals surface area contributed by atoms with Gasteiger partial charge in [-0.3, -0.25) is 0 Å². The molecule has 4 heteroatoms. The quantitative estimate of drug-likeness (QED) is 0.212. The van der Waals surface area contributed by atoms with E-state index in [1.54, 1.807) is 47.4 Å². The van der Waals surface area contributed by atoms with Gasteiger partial charge in [-0.2, -0.15) is 0 Å². The van der Waals surface area contributed by atoms with Crippen LogP contribution in [0.2, 0.25) is 0 Å². The summed E-state index contributed by atoms with van der Waals surface area (Å²) in [5.41, 5.74) is 1.07. The maximum Gasteiger partial charge on any atom is 0.145 e. The van der Waals surface area contributed by atoms with Gasteiger partial charge in [0, 0.05) is 14.7 Å². The summed E-state index contributed by atoms with van der Waals surface area (Å²) in [6.45, 7) is 0. The third kappa shape index (κ3) is 5.27. The topological polar surface area (TPSA) is 0 Å². The van der Waals surface area contributed by atoms with E-state index in [1.165, 1.54) is 14.7 Å². The van der Waals surface area contributed by atoms with Gasteiger partial charge in [-0.25, -0.2) is 4.39 Å². The lowest BCUT2D eigenvalue weighted by Gasteiger charge is -2.33. The monoisotopic (exact) mass is 434 g/mol. The molecule has 0 unspecified atom stereocenters.